The average Bonchev–Trinajstić information content (AvgIpc) is 3.57. The summed E-state index contributed by atoms with van der Waals surface area (Å²) in [5.41, 5.74) is 8.41. The molecule has 47 heavy (non-hydrogen) atoms. The number of anilines is 1. The first-order valence-corrected chi connectivity index (χ1v) is 17.6. The third kappa shape index (κ3) is 7.79. The third-order valence-electron chi connectivity index (χ3n) is 9.63. The monoisotopic (exact) mass is 644 g/mol. The molecule has 2 aliphatic rings. The summed E-state index contributed by atoms with van der Waals surface area (Å²) < 4.78 is 2.09. The fourth-order valence-electron chi connectivity index (χ4n) is 7.08. The van der Waals surface area contributed by atoms with Crippen molar-refractivity contribution in [2.24, 2.45) is 0 Å². The van der Waals surface area contributed by atoms with Crippen molar-refractivity contribution in [1.29, 1.82) is 0 Å². The van der Waals surface area contributed by atoms with Gasteiger partial charge in [0.05, 0.1) is 23.1 Å². The Labute approximate surface area is 284 Å². The fraction of sp³-hybridized carbons (Fsp3) is 0.325. The van der Waals surface area contributed by atoms with Crippen molar-refractivity contribution in [1.82, 2.24) is 24.9 Å². The van der Waals surface area contributed by atoms with Gasteiger partial charge in [-0.15, -0.1) is 0 Å². The number of aromatic nitrogens is 2. The first kappa shape index (κ1) is 31.6. The molecule has 3 heterocycles. The van der Waals surface area contributed by atoms with Crippen LogP contribution in [0.4, 0.5) is 5.69 Å². The Kier molecular flexibility index (Phi) is 10.3. The van der Waals surface area contributed by atoms with Crippen LogP contribution in [-0.2, 0) is 6.54 Å². The van der Waals surface area contributed by atoms with Crippen molar-refractivity contribution >= 4 is 17.3 Å². The van der Waals surface area contributed by atoms with E-state index in [2.05, 4.69) is 128 Å². The van der Waals surface area contributed by atoms with Crippen LogP contribution in [0, 0.1) is 0 Å². The molecule has 2 fully saturated rings. The van der Waals surface area contributed by atoms with Crippen molar-refractivity contribution in [2.75, 3.05) is 57.3 Å². The smallest absolute Gasteiger partial charge is 0.0773 e. The van der Waals surface area contributed by atoms with Crippen LogP contribution in [0.15, 0.2) is 115 Å². The Hall–Kier alpha value is -3.94. The molecule has 1 N–H and O–H groups in total. The quantitative estimate of drug-likeness (QED) is 0.149. The van der Waals surface area contributed by atoms with Crippen LogP contribution >= 0.6 is 11.6 Å². The van der Waals surface area contributed by atoms with Crippen LogP contribution < -0.4 is 10.2 Å². The summed E-state index contributed by atoms with van der Waals surface area (Å²) >= 11 is 6.23. The highest BCUT2D eigenvalue weighted by Crippen LogP contribution is 2.31. The van der Waals surface area contributed by atoms with Crippen LogP contribution in [-0.4, -0.2) is 71.9 Å². The number of hydrogen-bond acceptors (Lipinski definition) is 5. The molecule has 2 aliphatic heterocycles. The first-order chi connectivity index (χ1) is 23.2. The van der Waals surface area contributed by atoms with E-state index in [4.69, 9.17) is 16.7 Å². The molecule has 0 bridgehead atoms. The zero-order chi connectivity index (χ0) is 31.8. The Morgan fingerprint density at radius 2 is 1.32 bits per heavy atom. The van der Waals surface area contributed by atoms with E-state index in [-0.39, 0.29) is 6.04 Å². The van der Waals surface area contributed by atoms with E-state index < -0.39 is 0 Å². The molecule has 7 rings (SSSR count). The van der Waals surface area contributed by atoms with E-state index in [1.807, 2.05) is 12.1 Å². The maximum atomic E-state index is 6.23. The minimum Gasteiger partial charge on any atom is -0.372 e. The number of piperidine rings is 1. The molecule has 7 heteroatoms. The molecule has 0 amide bonds. The number of hydrogen-bond donors (Lipinski definition) is 1. The molecule has 0 saturated carbocycles. The summed E-state index contributed by atoms with van der Waals surface area (Å²) in [6, 6.07) is 41.2. The van der Waals surface area contributed by atoms with Gasteiger partial charge in [0.25, 0.3) is 0 Å². The molecule has 2 saturated heterocycles. The Balaban J connectivity index is 0.960. The number of para-hydroxylation sites is 1. The van der Waals surface area contributed by atoms with Crippen LogP contribution in [0.1, 0.15) is 42.1 Å². The summed E-state index contributed by atoms with van der Waals surface area (Å²) in [5.74, 6) is 0. The van der Waals surface area contributed by atoms with Crippen molar-refractivity contribution in [3.05, 3.63) is 137 Å². The van der Waals surface area contributed by atoms with Crippen molar-refractivity contribution < 1.29 is 0 Å². The van der Waals surface area contributed by atoms with Gasteiger partial charge >= 0.3 is 0 Å². The summed E-state index contributed by atoms with van der Waals surface area (Å²) in [6.07, 6.45) is 3.92. The van der Waals surface area contributed by atoms with Gasteiger partial charge in [0.1, 0.15) is 0 Å². The molecule has 0 radical (unpaired) electrons. The largest absolute Gasteiger partial charge is 0.372 e. The summed E-state index contributed by atoms with van der Waals surface area (Å²) in [6.45, 7) is 9.18. The molecule has 5 aromatic rings. The van der Waals surface area contributed by atoms with Gasteiger partial charge in [-0.3, -0.25) is 9.80 Å². The van der Waals surface area contributed by atoms with Gasteiger partial charge in [0.15, 0.2) is 0 Å². The SMILES string of the molecule is Clc1ccc(C(c2ccccc2)N2CCN(CCNCc3cc(-c4ccc(N5CCCCC5)cc4)n(-c4ccccc4)n3)CC2)cc1. The molecule has 242 valence electrons. The number of rotatable bonds is 11. The number of nitrogens with zero attached hydrogens (tertiary/aromatic N) is 5. The standard InChI is InChI=1S/C40H45ClN6/c41-35-18-14-34(15-19-35)40(33-10-4-1-5-11-33)46-28-26-44(27-29-46)25-22-42-31-36-30-39(47(43-36)38-12-6-2-7-13-38)32-16-20-37(21-17-32)45-23-8-3-9-24-45/h1-2,4-7,10-21,30,40,42H,3,8-9,22-29,31H2. The van der Waals surface area contributed by atoms with Crippen LogP contribution in [0.3, 0.4) is 0 Å². The molecule has 1 aromatic heterocycles. The highest BCUT2D eigenvalue weighted by molar-refractivity contribution is 6.30. The second-order valence-corrected chi connectivity index (χ2v) is 13.2. The highest BCUT2D eigenvalue weighted by Gasteiger charge is 2.26. The van der Waals surface area contributed by atoms with Gasteiger partial charge in [0, 0.05) is 75.2 Å². The zero-order valence-corrected chi connectivity index (χ0v) is 27.9. The summed E-state index contributed by atoms with van der Waals surface area (Å²) in [5, 5.41) is 9.53. The Morgan fingerprint density at radius 1 is 0.660 bits per heavy atom. The number of nitrogens with one attached hydrogen (secondary N) is 1. The fourth-order valence-corrected chi connectivity index (χ4v) is 7.20. The van der Waals surface area contributed by atoms with E-state index >= 15 is 0 Å². The van der Waals surface area contributed by atoms with Crippen molar-refractivity contribution in [3.63, 3.8) is 0 Å². The average molecular weight is 645 g/mol. The Bertz CT molecular complexity index is 1670. The third-order valence-corrected chi connectivity index (χ3v) is 9.88. The first-order valence-electron chi connectivity index (χ1n) is 17.2. The number of halogens is 1. The maximum Gasteiger partial charge on any atom is 0.0773 e. The van der Waals surface area contributed by atoms with Gasteiger partial charge in [0.2, 0.25) is 0 Å². The molecular weight excluding hydrogens is 600 g/mol. The van der Waals surface area contributed by atoms with Crippen LogP contribution in [0.5, 0.6) is 0 Å². The second kappa shape index (κ2) is 15.3. The van der Waals surface area contributed by atoms with Gasteiger partial charge in [-0.1, -0.05) is 84.4 Å². The summed E-state index contributed by atoms with van der Waals surface area (Å²) in [7, 11) is 0. The second-order valence-electron chi connectivity index (χ2n) is 12.8. The molecule has 1 unspecified atom stereocenters. The lowest BCUT2D eigenvalue weighted by Gasteiger charge is -2.39. The van der Waals surface area contributed by atoms with Gasteiger partial charge in [-0.25, -0.2) is 4.68 Å². The molecule has 0 spiro atoms. The van der Waals surface area contributed by atoms with E-state index in [0.717, 1.165) is 81.0 Å². The highest BCUT2D eigenvalue weighted by atomic mass is 35.5. The van der Waals surface area contributed by atoms with Crippen molar-refractivity contribution in [3.8, 4) is 16.9 Å². The number of piperazine rings is 1. The molecule has 0 aliphatic carbocycles. The van der Waals surface area contributed by atoms with Crippen LogP contribution in [0.25, 0.3) is 16.9 Å². The van der Waals surface area contributed by atoms with Crippen molar-refractivity contribution in [2.45, 2.75) is 31.8 Å². The molecular formula is C40H45ClN6. The van der Waals surface area contributed by atoms with E-state index in [9.17, 15) is 0 Å². The minimum absolute atomic E-state index is 0.239. The lowest BCUT2D eigenvalue weighted by molar-refractivity contribution is 0.110. The van der Waals surface area contributed by atoms with E-state index in [1.165, 1.54) is 41.6 Å². The predicted molar refractivity (Wildman–Crippen MR) is 195 cm³/mol. The zero-order valence-electron chi connectivity index (χ0n) is 27.1. The van der Waals surface area contributed by atoms with Gasteiger partial charge in [-0.2, -0.15) is 5.10 Å². The van der Waals surface area contributed by atoms with Crippen LogP contribution in [0.2, 0.25) is 5.02 Å². The normalized spacial score (nSPS) is 16.7. The van der Waals surface area contributed by atoms with Gasteiger partial charge < -0.3 is 10.2 Å². The molecule has 6 nitrogen and oxygen atoms in total. The molecule has 4 aromatic carbocycles. The molecule has 1 atom stereocenters. The van der Waals surface area contributed by atoms with E-state index in [0.29, 0.717) is 0 Å². The lowest BCUT2D eigenvalue weighted by atomic mass is 9.96. The maximum absolute atomic E-state index is 6.23. The Morgan fingerprint density at radius 3 is 2.02 bits per heavy atom. The predicted octanol–water partition coefficient (Wildman–Crippen LogP) is 7.68. The summed E-state index contributed by atoms with van der Waals surface area (Å²) in [4.78, 5) is 7.70. The topological polar surface area (TPSA) is 39.6 Å². The minimum atomic E-state index is 0.239. The van der Waals surface area contributed by atoms with E-state index in [1.54, 1.807) is 0 Å². The lowest BCUT2D eigenvalue weighted by Crippen LogP contribution is -2.49. The van der Waals surface area contributed by atoms with Gasteiger partial charge in [-0.05, 0) is 72.9 Å². The number of benzene rings is 4.